The van der Waals surface area contributed by atoms with Crippen LogP contribution in [0.25, 0.3) is 10.9 Å². The number of carbonyl (C=O) groups excluding carboxylic acids is 1. The van der Waals surface area contributed by atoms with Crippen molar-refractivity contribution in [2.24, 2.45) is 0 Å². The van der Waals surface area contributed by atoms with Gasteiger partial charge in [0, 0.05) is 34.4 Å². The number of carbonyl (C=O) groups is 1. The molecule has 1 N–H and O–H groups in total. The monoisotopic (exact) mass is 304 g/mol. The van der Waals surface area contributed by atoms with E-state index in [0.29, 0.717) is 6.42 Å². The molecule has 92 valence electrons. The van der Waals surface area contributed by atoms with Crippen molar-refractivity contribution in [2.75, 3.05) is 0 Å². The lowest BCUT2D eigenvalue weighted by Crippen LogP contribution is -2.24. The highest BCUT2D eigenvalue weighted by atomic mass is 79.9. The molecule has 0 radical (unpaired) electrons. The van der Waals surface area contributed by atoms with E-state index in [0.717, 1.165) is 20.9 Å². The highest BCUT2D eigenvalue weighted by Gasteiger charge is 2.31. The van der Waals surface area contributed by atoms with E-state index in [4.69, 9.17) is 0 Å². The average molecular weight is 305 g/mol. The second-order valence-corrected chi connectivity index (χ2v) is 5.56. The normalized spacial score (nSPS) is 23.3. The number of fused-ring (bicyclic) bond motifs is 1. The van der Waals surface area contributed by atoms with Crippen molar-refractivity contribution in [1.82, 2.24) is 10.3 Å². The van der Waals surface area contributed by atoms with Crippen LogP contribution in [0.15, 0.2) is 34.9 Å². The molecule has 2 atom stereocenters. The van der Waals surface area contributed by atoms with Gasteiger partial charge in [-0.05, 0) is 24.6 Å². The predicted octanol–water partition coefficient (Wildman–Crippen LogP) is 2.99. The minimum atomic E-state index is 0.125. The van der Waals surface area contributed by atoms with E-state index in [1.165, 1.54) is 0 Å². The van der Waals surface area contributed by atoms with Gasteiger partial charge in [0.1, 0.15) is 0 Å². The Balaban J connectivity index is 2.18. The second kappa shape index (κ2) is 4.35. The number of nitrogens with zero attached hydrogens (tertiary/aromatic N) is 1. The highest BCUT2D eigenvalue weighted by Crippen LogP contribution is 2.34. The lowest BCUT2D eigenvalue weighted by molar-refractivity contribution is -0.119. The van der Waals surface area contributed by atoms with Gasteiger partial charge in [-0.2, -0.15) is 0 Å². The Bertz CT molecular complexity index is 626. The molecular formula is C14H13BrN2O. The van der Waals surface area contributed by atoms with Crippen molar-refractivity contribution in [2.45, 2.75) is 25.3 Å². The summed E-state index contributed by atoms with van der Waals surface area (Å²) in [5.41, 5.74) is 2.14. The molecule has 1 aliphatic heterocycles. The van der Waals surface area contributed by atoms with Crippen molar-refractivity contribution in [1.29, 1.82) is 0 Å². The molecule has 1 aliphatic rings. The summed E-state index contributed by atoms with van der Waals surface area (Å²) < 4.78 is 1.04. The number of amides is 1. The molecule has 1 aromatic carbocycles. The largest absolute Gasteiger partial charge is 0.353 e. The standard InChI is InChI=1S/C14H13BrN2O/c1-8-11(7-13(18)17-8)9-4-5-12(15)10-3-2-6-16-14(9)10/h2-6,8,11H,7H2,1H3,(H,17,18). The van der Waals surface area contributed by atoms with Gasteiger partial charge in [-0.25, -0.2) is 0 Å². The average Bonchev–Trinajstić information content (AvgIpc) is 2.69. The van der Waals surface area contributed by atoms with Crippen LogP contribution in [-0.4, -0.2) is 16.9 Å². The van der Waals surface area contributed by atoms with Crippen LogP contribution < -0.4 is 5.32 Å². The zero-order chi connectivity index (χ0) is 12.7. The van der Waals surface area contributed by atoms with Crippen LogP contribution in [0.3, 0.4) is 0 Å². The van der Waals surface area contributed by atoms with Crippen molar-refractivity contribution < 1.29 is 4.79 Å². The molecule has 4 heteroatoms. The van der Waals surface area contributed by atoms with Crippen molar-refractivity contribution >= 4 is 32.7 Å². The number of rotatable bonds is 1. The van der Waals surface area contributed by atoms with Gasteiger partial charge in [0.25, 0.3) is 0 Å². The summed E-state index contributed by atoms with van der Waals surface area (Å²) in [5.74, 6) is 0.336. The maximum atomic E-state index is 11.5. The Hall–Kier alpha value is -1.42. The van der Waals surface area contributed by atoms with Crippen LogP contribution in [0.1, 0.15) is 24.8 Å². The molecule has 0 spiro atoms. The van der Waals surface area contributed by atoms with Crippen LogP contribution in [0.2, 0.25) is 0 Å². The van der Waals surface area contributed by atoms with Crippen LogP contribution >= 0.6 is 15.9 Å². The number of halogens is 1. The number of hydrogen-bond donors (Lipinski definition) is 1. The Kier molecular flexibility index (Phi) is 2.82. The van der Waals surface area contributed by atoms with Crippen LogP contribution in [0.5, 0.6) is 0 Å². The third kappa shape index (κ3) is 1.81. The maximum absolute atomic E-state index is 11.5. The summed E-state index contributed by atoms with van der Waals surface area (Å²) in [6, 6.07) is 8.25. The molecule has 2 heterocycles. The van der Waals surface area contributed by atoms with Crippen molar-refractivity contribution in [3.8, 4) is 0 Å². The highest BCUT2D eigenvalue weighted by molar-refractivity contribution is 9.10. The number of pyridine rings is 1. The Morgan fingerprint density at radius 1 is 1.39 bits per heavy atom. The van der Waals surface area contributed by atoms with E-state index in [9.17, 15) is 4.79 Å². The summed E-state index contributed by atoms with van der Waals surface area (Å²) in [7, 11) is 0. The van der Waals surface area contributed by atoms with E-state index in [1.54, 1.807) is 6.20 Å². The van der Waals surface area contributed by atoms with Crippen LogP contribution in [0, 0.1) is 0 Å². The lowest BCUT2D eigenvalue weighted by atomic mass is 9.91. The number of hydrogen-bond acceptors (Lipinski definition) is 2. The fourth-order valence-electron chi connectivity index (χ4n) is 2.63. The molecule has 0 saturated carbocycles. The fourth-order valence-corrected chi connectivity index (χ4v) is 3.08. The number of aromatic nitrogens is 1. The number of nitrogens with one attached hydrogen (secondary N) is 1. The van der Waals surface area contributed by atoms with Gasteiger partial charge in [-0.15, -0.1) is 0 Å². The van der Waals surface area contributed by atoms with E-state index in [1.807, 2.05) is 25.1 Å². The van der Waals surface area contributed by atoms with Gasteiger partial charge in [0.05, 0.1) is 5.52 Å². The Morgan fingerprint density at radius 3 is 2.94 bits per heavy atom. The molecule has 1 fully saturated rings. The minimum absolute atomic E-state index is 0.125. The molecule has 1 saturated heterocycles. The van der Waals surface area contributed by atoms with Crippen molar-refractivity contribution in [3.05, 3.63) is 40.5 Å². The van der Waals surface area contributed by atoms with Crippen LogP contribution in [-0.2, 0) is 4.79 Å². The Morgan fingerprint density at radius 2 is 2.22 bits per heavy atom. The van der Waals surface area contributed by atoms with Gasteiger partial charge in [-0.1, -0.05) is 28.1 Å². The first-order chi connectivity index (χ1) is 8.66. The van der Waals surface area contributed by atoms with Gasteiger partial charge in [0.15, 0.2) is 0 Å². The SMILES string of the molecule is CC1NC(=O)CC1c1ccc(Br)c2cccnc12. The molecule has 3 rings (SSSR count). The molecular weight excluding hydrogens is 292 g/mol. The molecule has 0 aliphatic carbocycles. The third-order valence-corrected chi connectivity index (χ3v) is 4.24. The van der Waals surface area contributed by atoms with Gasteiger partial charge < -0.3 is 5.32 Å². The molecule has 0 bridgehead atoms. The molecule has 1 amide bonds. The molecule has 2 aromatic rings. The van der Waals surface area contributed by atoms with E-state index >= 15 is 0 Å². The smallest absolute Gasteiger partial charge is 0.220 e. The first kappa shape index (κ1) is 11.7. The first-order valence-corrected chi connectivity index (χ1v) is 6.78. The van der Waals surface area contributed by atoms with Gasteiger partial charge in [0.2, 0.25) is 5.91 Å². The summed E-state index contributed by atoms with van der Waals surface area (Å²) in [4.78, 5) is 16.0. The van der Waals surface area contributed by atoms with Gasteiger partial charge in [-0.3, -0.25) is 9.78 Å². The molecule has 1 aromatic heterocycles. The van der Waals surface area contributed by atoms with E-state index < -0.39 is 0 Å². The first-order valence-electron chi connectivity index (χ1n) is 5.99. The topological polar surface area (TPSA) is 42.0 Å². The predicted molar refractivity (Wildman–Crippen MR) is 74.4 cm³/mol. The summed E-state index contributed by atoms with van der Waals surface area (Å²) in [5, 5.41) is 4.06. The number of benzene rings is 1. The van der Waals surface area contributed by atoms with Crippen molar-refractivity contribution in [3.63, 3.8) is 0 Å². The second-order valence-electron chi connectivity index (χ2n) is 4.70. The lowest BCUT2D eigenvalue weighted by Gasteiger charge is -2.16. The summed E-state index contributed by atoms with van der Waals surface area (Å²) in [6.07, 6.45) is 2.35. The third-order valence-electron chi connectivity index (χ3n) is 3.54. The summed E-state index contributed by atoms with van der Waals surface area (Å²) >= 11 is 3.54. The Labute approximate surface area is 114 Å². The fraction of sp³-hybridized carbons (Fsp3) is 0.286. The summed E-state index contributed by atoms with van der Waals surface area (Å²) in [6.45, 7) is 2.05. The molecule has 2 unspecified atom stereocenters. The zero-order valence-electron chi connectivity index (χ0n) is 9.98. The molecule has 3 nitrogen and oxygen atoms in total. The van der Waals surface area contributed by atoms with E-state index in [2.05, 4.69) is 32.3 Å². The minimum Gasteiger partial charge on any atom is -0.353 e. The van der Waals surface area contributed by atoms with Gasteiger partial charge >= 0.3 is 0 Å². The van der Waals surface area contributed by atoms with E-state index in [-0.39, 0.29) is 17.9 Å². The maximum Gasteiger partial charge on any atom is 0.220 e. The molecule has 18 heavy (non-hydrogen) atoms. The van der Waals surface area contributed by atoms with Crippen LogP contribution in [0.4, 0.5) is 0 Å². The zero-order valence-corrected chi connectivity index (χ0v) is 11.6. The quantitative estimate of drug-likeness (QED) is 0.880.